The van der Waals surface area contributed by atoms with Crippen LogP contribution in [-0.2, 0) is 0 Å². The Hall–Kier alpha value is -2.89. The molecule has 0 aliphatic rings. The fraction of sp³-hybridized carbons (Fsp3) is 0.0714. The number of pyridine rings is 1. The van der Waals surface area contributed by atoms with Crippen molar-refractivity contribution in [3.8, 4) is 5.69 Å². The molecule has 0 aliphatic heterocycles. The first kappa shape index (κ1) is 12.2. The number of rotatable bonds is 2. The largest absolute Gasteiger partial charge is 0.354 e. The van der Waals surface area contributed by atoms with Crippen LogP contribution in [-0.4, -0.2) is 27.5 Å². The lowest BCUT2D eigenvalue weighted by Crippen LogP contribution is -2.20. The highest BCUT2D eigenvalue weighted by molar-refractivity contribution is 5.92. The predicted molar refractivity (Wildman–Crippen MR) is 75.1 cm³/mol. The van der Waals surface area contributed by atoms with Gasteiger partial charge in [-0.05, 0) is 24.3 Å². The van der Waals surface area contributed by atoms with Crippen LogP contribution in [0.4, 0.5) is 0 Å². The molecule has 6 heteroatoms. The van der Waals surface area contributed by atoms with Gasteiger partial charge in [0, 0.05) is 13.2 Å². The van der Waals surface area contributed by atoms with E-state index in [0.29, 0.717) is 5.69 Å². The summed E-state index contributed by atoms with van der Waals surface area (Å²) in [7, 11) is 1.54. The molecule has 0 unspecified atom stereocenters. The van der Waals surface area contributed by atoms with Crippen molar-refractivity contribution in [2.24, 2.45) is 0 Å². The number of fused-ring (bicyclic) bond motifs is 1. The molecule has 3 aromatic rings. The van der Waals surface area contributed by atoms with Gasteiger partial charge in [0.1, 0.15) is 5.69 Å². The number of aromatic amines is 1. The number of hydrogen-bond acceptors (Lipinski definition) is 3. The van der Waals surface area contributed by atoms with Crippen LogP contribution in [0.15, 0.2) is 47.4 Å². The van der Waals surface area contributed by atoms with E-state index in [-0.39, 0.29) is 17.3 Å². The number of aromatic nitrogens is 3. The van der Waals surface area contributed by atoms with Gasteiger partial charge in [-0.2, -0.15) is 0 Å². The van der Waals surface area contributed by atoms with E-state index in [4.69, 9.17) is 0 Å². The SMILES string of the molecule is CNC(=O)c1cc(-n2c(=O)[nH]c3ccccc32)ccn1. The van der Waals surface area contributed by atoms with Gasteiger partial charge in [-0.1, -0.05) is 12.1 Å². The molecule has 100 valence electrons. The van der Waals surface area contributed by atoms with Crippen molar-refractivity contribution in [2.75, 3.05) is 7.05 Å². The minimum absolute atomic E-state index is 0.250. The average molecular weight is 268 g/mol. The highest BCUT2D eigenvalue weighted by Gasteiger charge is 2.11. The maximum Gasteiger partial charge on any atom is 0.331 e. The first-order valence-corrected chi connectivity index (χ1v) is 6.09. The van der Waals surface area contributed by atoms with Crippen molar-refractivity contribution >= 4 is 16.9 Å². The fourth-order valence-electron chi connectivity index (χ4n) is 2.12. The van der Waals surface area contributed by atoms with E-state index in [9.17, 15) is 9.59 Å². The topological polar surface area (TPSA) is 79.8 Å². The van der Waals surface area contributed by atoms with Gasteiger partial charge < -0.3 is 10.3 Å². The van der Waals surface area contributed by atoms with Crippen molar-refractivity contribution < 1.29 is 4.79 Å². The Morgan fingerprint density at radius 1 is 1.30 bits per heavy atom. The molecule has 2 N–H and O–H groups in total. The number of H-pyrrole nitrogens is 1. The normalized spacial score (nSPS) is 10.7. The van der Waals surface area contributed by atoms with E-state index < -0.39 is 0 Å². The molecule has 2 aromatic heterocycles. The number of carbonyl (C=O) groups excluding carboxylic acids is 1. The average Bonchev–Trinajstić information content (AvgIpc) is 2.82. The molecule has 0 radical (unpaired) electrons. The summed E-state index contributed by atoms with van der Waals surface area (Å²) < 4.78 is 1.52. The van der Waals surface area contributed by atoms with E-state index in [0.717, 1.165) is 11.0 Å². The number of carbonyl (C=O) groups is 1. The summed E-state index contributed by atoms with van der Waals surface area (Å²) in [6, 6.07) is 10.6. The van der Waals surface area contributed by atoms with E-state index in [2.05, 4.69) is 15.3 Å². The van der Waals surface area contributed by atoms with Gasteiger partial charge in [-0.15, -0.1) is 0 Å². The summed E-state index contributed by atoms with van der Waals surface area (Å²) in [6.07, 6.45) is 1.51. The Labute approximate surface area is 114 Å². The summed E-state index contributed by atoms with van der Waals surface area (Å²) in [5.74, 6) is -0.292. The zero-order valence-electron chi connectivity index (χ0n) is 10.8. The number of imidazole rings is 1. The smallest absolute Gasteiger partial charge is 0.331 e. The van der Waals surface area contributed by atoms with Gasteiger partial charge in [-0.25, -0.2) is 4.79 Å². The maximum atomic E-state index is 12.1. The van der Waals surface area contributed by atoms with Gasteiger partial charge in [0.05, 0.1) is 16.7 Å². The minimum Gasteiger partial charge on any atom is -0.354 e. The van der Waals surface area contributed by atoms with E-state index in [1.807, 2.05) is 24.3 Å². The Morgan fingerprint density at radius 2 is 2.10 bits per heavy atom. The molecular weight excluding hydrogens is 256 g/mol. The van der Waals surface area contributed by atoms with Crippen LogP contribution in [0, 0.1) is 0 Å². The van der Waals surface area contributed by atoms with Crippen LogP contribution >= 0.6 is 0 Å². The summed E-state index contributed by atoms with van der Waals surface area (Å²) >= 11 is 0. The number of amides is 1. The highest BCUT2D eigenvalue weighted by atomic mass is 16.2. The molecule has 0 bridgehead atoms. The zero-order chi connectivity index (χ0) is 14.1. The number of nitrogens with zero attached hydrogens (tertiary/aromatic N) is 2. The Bertz CT molecular complexity index is 848. The zero-order valence-corrected chi connectivity index (χ0v) is 10.8. The van der Waals surface area contributed by atoms with E-state index in [1.165, 1.54) is 17.8 Å². The molecule has 0 spiro atoms. The summed E-state index contributed by atoms with van der Waals surface area (Å²) in [4.78, 5) is 30.5. The molecule has 0 aliphatic carbocycles. The summed E-state index contributed by atoms with van der Waals surface area (Å²) in [5, 5.41) is 2.51. The first-order valence-electron chi connectivity index (χ1n) is 6.09. The Morgan fingerprint density at radius 3 is 2.90 bits per heavy atom. The van der Waals surface area contributed by atoms with Crippen LogP contribution in [0.25, 0.3) is 16.7 Å². The third-order valence-corrected chi connectivity index (χ3v) is 3.05. The quantitative estimate of drug-likeness (QED) is 0.729. The number of nitrogens with one attached hydrogen (secondary N) is 2. The molecule has 6 nitrogen and oxygen atoms in total. The lowest BCUT2D eigenvalue weighted by molar-refractivity contribution is 0.0958. The third kappa shape index (κ3) is 1.87. The lowest BCUT2D eigenvalue weighted by Gasteiger charge is -2.05. The predicted octanol–water partition coefficient (Wildman–Crippen LogP) is 1.07. The van der Waals surface area contributed by atoms with Crippen LogP contribution in [0.1, 0.15) is 10.5 Å². The monoisotopic (exact) mass is 268 g/mol. The summed E-state index contributed by atoms with van der Waals surface area (Å²) in [6.45, 7) is 0. The molecule has 20 heavy (non-hydrogen) atoms. The van der Waals surface area contributed by atoms with Crippen molar-refractivity contribution in [1.82, 2.24) is 19.9 Å². The van der Waals surface area contributed by atoms with Crippen LogP contribution in [0.2, 0.25) is 0 Å². The maximum absolute atomic E-state index is 12.1. The molecular formula is C14H12N4O2. The second-order valence-corrected chi connectivity index (χ2v) is 4.26. The molecule has 3 rings (SSSR count). The number of hydrogen-bond donors (Lipinski definition) is 2. The van der Waals surface area contributed by atoms with Crippen molar-refractivity contribution in [1.29, 1.82) is 0 Å². The molecule has 0 saturated heterocycles. The van der Waals surface area contributed by atoms with Crippen molar-refractivity contribution in [2.45, 2.75) is 0 Å². The van der Waals surface area contributed by atoms with Gasteiger partial charge in [0.25, 0.3) is 5.91 Å². The molecule has 0 saturated carbocycles. The number of benzene rings is 1. The van der Waals surface area contributed by atoms with Crippen LogP contribution in [0.3, 0.4) is 0 Å². The molecule has 2 heterocycles. The molecule has 0 atom stereocenters. The Kier molecular flexibility index (Phi) is 2.83. The van der Waals surface area contributed by atoms with Gasteiger partial charge >= 0.3 is 5.69 Å². The molecule has 1 aromatic carbocycles. The highest BCUT2D eigenvalue weighted by Crippen LogP contribution is 2.15. The van der Waals surface area contributed by atoms with E-state index >= 15 is 0 Å². The second-order valence-electron chi connectivity index (χ2n) is 4.26. The molecule has 1 amide bonds. The fourth-order valence-corrected chi connectivity index (χ4v) is 2.12. The van der Waals surface area contributed by atoms with Crippen LogP contribution in [0.5, 0.6) is 0 Å². The number of para-hydroxylation sites is 2. The standard InChI is InChI=1S/C14H12N4O2/c1-15-13(19)11-8-9(6-7-16-11)18-12-5-3-2-4-10(12)17-14(18)20/h2-8H,1H3,(H,15,19)(H,17,20). The molecule has 0 fully saturated rings. The minimum atomic E-state index is -0.292. The van der Waals surface area contributed by atoms with Gasteiger partial charge in [-0.3, -0.25) is 14.3 Å². The van der Waals surface area contributed by atoms with Gasteiger partial charge in [0.15, 0.2) is 0 Å². The van der Waals surface area contributed by atoms with Crippen molar-refractivity contribution in [3.05, 3.63) is 58.8 Å². The first-order chi connectivity index (χ1) is 9.70. The van der Waals surface area contributed by atoms with Crippen LogP contribution < -0.4 is 11.0 Å². The lowest BCUT2D eigenvalue weighted by atomic mass is 10.2. The van der Waals surface area contributed by atoms with Crippen molar-refractivity contribution in [3.63, 3.8) is 0 Å². The summed E-state index contributed by atoms with van der Waals surface area (Å²) in [5.41, 5.74) is 2.12. The van der Waals surface area contributed by atoms with Gasteiger partial charge in [0.2, 0.25) is 0 Å². The van der Waals surface area contributed by atoms with E-state index in [1.54, 1.807) is 12.1 Å². The Balaban J connectivity index is 2.23. The third-order valence-electron chi connectivity index (χ3n) is 3.05. The second kappa shape index (κ2) is 4.65.